The number of nitrogens with zero attached hydrogens (tertiary/aromatic N) is 6. The predicted octanol–water partition coefficient (Wildman–Crippen LogP) is 1.96. The fraction of sp³-hybridized carbons (Fsp3) is 0.0556. The Morgan fingerprint density at radius 1 is 0.800 bits per heavy atom. The molecule has 3 rings (SSSR count). The van der Waals surface area contributed by atoms with Crippen LogP contribution >= 0.6 is 0 Å². The van der Waals surface area contributed by atoms with Crippen LogP contribution in [0.3, 0.4) is 0 Å². The van der Waals surface area contributed by atoms with E-state index in [-0.39, 0.29) is 5.78 Å². The van der Waals surface area contributed by atoms with Crippen molar-refractivity contribution in [2.75, 3.05) is 0 Å². The molecule has 0 atom stereocenters. The zero-order valence-corrected chi connectivity index (χ0v) is 13.2. The summed E-state index contributed by atoms with van der Waals surface area (Å²) in [5.74, 6) is 0.427. The van der Waals surface area contributed by atoms with Crippen molar-refractivity contribution in [3.05, 3.63) is 83.7 Å². The molecule has 1 aromatic heterocycles. The molecule has 0 amide bonds. The van der Waals surface area contributed by atoms with E-state index >= 15 is 0 Å². The van der Waals surface area contributed by atoms with Crippen LogP contribution in [0, 0.1) is 0 Å². The van der Waals surface area contributed by atoms with Crippen LogP contribution in [0.5, 0.6) is 0 Å². The monoisotopic (exact) mass is 330 g/mol. The molecule has 0 unspecified atom stereocenters. The molecule has 0 radical (unpaired) electrons. The molecule has 7 nitrogen and oxygen atoms in total. The fourth-order valence-electron chi connectivity index (χ4n) is 2.02. The van der Waals surface area contributed by atoms with Crippen molar-refractivity contribution in [3.8, 4) is 0 Å². The third-order valence-corrected chi connectivity index (χ3v) is 3.18. The van der Waals surface area contributed by atoms with Crippen LogP contribution in [0.25, 0.3) is 5.70 Å². The first-order chi connectivity index (χ1) is 12.3. The van der Waals surface area contributed by atoms with E-state index < -0.39 is 0 Å². The standard InChI is InChI=1S/C18H14N6O/c25-14-10-6-2-1-5-9-13-19-17-16-15(12-8-4-3-7-11-14)20-21-18(16)23-24-22-17/h1-9,11-13H,10H2. The number of ketones is 1. The Balaban J connectivity index is 2.03. The van der Waals surface area contributed by atoms with Gasteiger partial charge in [-0.25, -0.2) is 4.99 Å². The summed E-state index contributed by atoms with van der Waals surface area (Å²) < 4.78 is 0. The second-order valence-corrected chi connectivity index (χ2v) is 4.95. The van der Waals surface area contributed by atoms with Gasteiger partial charge in [-0.1, -0.05) is 48.6 Å². The summed E-state index contributed by atoms with van der Waals surface area (Å²) in [4.78, 5) is 15.9. The summed E-state index contributed by atoms with van der Waals surface area (Å²) in [5, 5.41) is 20.2. The smallest absolute Gasteiger partial charge is 0.211 e. The van der Waals surface area contributed by atoms with Gasteiger partial charge in [-0.2, -0.15) is 0 Å². The van der Waals surface area contributed by atoms with Crippen molar-refractivity contribution in [2.24, 2.45) is 15.2 Å². The average molecular weight is 330 g/mol. The molecule has 0 saturated carbocycles. The lowest BCUT2D eigenvalue weighted by Gasteiger charge is -1.88. The maximum absolute atomic E-state index is 11.6. The molecule has 0 aliphatic carbocycles. The van der Waals surface area contributed by atoms with Crippen LogP contribution in [-0.4, -0.2) is 21.2 Å². The second-order valence-electron chi connectivity index (χ2n) is 4.95. The lowest BCUT2D eigenvalue weighted by atomic mass is 10.2. The average Bonchev–Trinajstić information content (AvgIpc) is 3.03. The third kappa shape index (κ3) is 4.44. The van der Waals surface area contributed by atoms with Gasteiger partial charge >= 0.3 is 0 Å². The minimum Gasteiger partial charge on any atom is -0.295 e. The fourth-order valence-corrected chi connectivity index (χ4v) is 2.02. The molecule has 0 bridgehead atoms. The number of hydrogen-bond acceptors (Lipinski definition) is 7. The first-order valence-electron chi connectivity index (χ1n) is 7.60. The first-order valence-corrected chi connectivity index (χ1v) is 7.60. The van der Waals surface area contributed by atoms with Gasteiger partial charge in [-0.3, -0.25) is 4.79 Å². The number of carbonyl (C=O) groups is 1. The Morgan fingerprint density at radius 2 is 1.60 bits per heavy atom. The van der Waals surface area contributed by atoms with Crippen LogP contribution in [0.2, 0.25) is 0 Å². The molecule has 0 spiro atoms. The summed E-state index contributed by atoms with van der Waals surface area (Å²) in [6.45, 7) is 0. The number of azo groups is 1. The normalized spacial score (nSPS) is 16.6. The van der Waals surface area contributed by atoms with Crippen molar-refractivity contribution >= 4 is 17.3 Å². The molecule has 2 aliphatic rings. The number of allylic oxidation sites excluding steroid dienone is 10. The highest BCUT2D eigenvalue weighted by Crippen LogP contribution is 2.12. The largest absolute Gasteiger partial charge is 0.295 e. The lowest BCUT2D eigenvalue weighted by molar-refractivity contribution is -0.113. The summed E-state index contributed by atoms with van der Waals surface area (Å²) in [6, 6.07) is 0. The number of carbonyl (C=O) groups excluding carboxylic acids is 1. The van der Waals surface area contributed by atoms with E-state index in [1.807, 2.05) is 12.2 Å². The molecule has 7 heteroatoms. The zero-order chi connectivity index (χ0) is 17.3. The second kappa shape index (κ2) is 8.30. The molecule has 1 aromatic rings. The molecule has 0 saturated heterocycles. The Hall–Kier alpha value is -3.61. The summed E-state index contributed by atoms with van der Waals surface area (Å²) >= 11 is 0. The maximum Gasteiger partial charge on any atom is 0.211 e. The maximum atomic E-state index is 11.6. The van der Waals surface area contributed by atoms with E-state index in [2.05, 4.69) is 30.6 Å². The minimum atomic E-state index is 0.0344. The van der Waals surface area contributed by atoms with E-state index in [4.69, 9.17) is 0 Å². The first kappa shape index (κ1) is 16.3. The Kier molecular flexibility index (Phi) is 5.40. The summed E-state index contributed by atoms with van der Waals surface area (Å²) in [5.41, 5.74) is 1.01. The molecule has 25 heavy (non-hydrogen) atoms. The van der Waals surface area contributed by atoms with Crippen LogP contribution in [-0.2, 0) is 4.79 Å². The molecule has 0 aromatic carbocycles. The predicted molar refractivity (Wildman–Crippen MR) is 93.0 cm³/mol. The Bertz CT molecular complexity index is 993. The van der Waals surface area contributed by atoms with Gasteiger partial charge < -0.3 is 0 Å². The molecular weight excluding hydrogens is 316 g/mol. The van der Waals surface area contributed by atoms with Crippen LogP contribution < -0.4 is 10.7 Å². The SMILES string of the molecule is O=C1C=CC=CC=CC2=c3c(nnnc3=NC=CC=CC=CC1)N=N2. The van der Waals surface area contributed by atoms with Crippen molar-refractivity contribution in [3.63, 3.8) is 0 Å². The number of rotatable bonds is 0. The van der Waals surface area contributed by atoms with Gasteiger partial charge in [0.15, 0.2) is 11.3 Å². The van der Waals surface area contributed by atoms with Gasteiger partial charge in [-0.05, 0) is 23.4 Å². The highest BCUT2D eigenvalue weighted by molar-refractivity contribution is 5.90. The quantitative estimate of drug-likeness (QED) is 0.727. The van der Waals surface area contributed by atoms with Gasteiger partial charge in [0.2, 0.25) is 5.82 Å². The number of aromatic nitrogens is 3. The molecule has 122 valence electrons. The summed E-state index contributed by atoms with van der Waals surface area (Å²) in [7, 11) is 0. The van der Waals surface area contributed by atoms with Gasteiger partial charge in [0, 0.05) is 12.6 Å². The molecule has 0 N–H and O–H groups in total. The van der Waals surface area contributed by atoms with Crippen molar-refractivity contribution in [1.29, 1.82) is 0 Å². The molecule has 0 fully saturated rings. The van der Waals surface area contributed by atoms with Gasteiger partial charge in [0.25, 0.3) is 0 Å². The molecule has 3 heterocycles. The van der Waals surface area contributed by atoms with E-state index in [1.54, 1.807) is 54.8 Å². The van der Waals surface area contributed by atoms with E-state index in [0.29, 0.717) is 28.6 Å². The van der Waals surface area contributed by atoms with Crippen molar-refractivity contribution < 1.29 is 4.79 Å². The topological polar surface area (TPSA) is 92.8 Å². The number of hydrogen-bond donors (Lipinski definition) is 0. The van der Waals surface area contributed by atoms with Crippen LogP contribution in [0.15, 0.2) is 88.3 Å². The van der Waals surface area contributed by atoms with E-state index in [0.717, 1.165) is 0 Å². The molecular formula is C18H14N6O. The van der Waals surface area contributed by atoms with E-state index in [1.165, 1.54) is 6.08 Å². The van der Waals surface area contributed by atoms with Crippen molar-refractivity contribution in [2.45, 2.75) is 6.42 Å². The third-order valence-electron chi connectivity index (χ3n) is 3.18. The highest BCUT2D eigenvalue weighted by atomic mass is 16.1. The molecule has 2 aliphatic heterocycles. The summed E-state index contributed by atoms with van der Waals surface area (Å²) in [6.07, 6.45) is 21.3. The van der Waals surface area contributed by atoms with Gasteiger partial charge in [0.05, 0.1) is 5.22 Å². The van der Waals surface area contributed by atoms with E-state index in [9.17, 15) is 4.79 Å². The lowest BCUT2D eigenvalue weighted by Crippen LogP contribution is -2.31. The Labute approximate surface area is 143 Å². The van der Waals surface area contributed by atoms with Crippen LogP contribution in [0.1, 0.15) is 6.42 Å². The van der Waals surface area contributed by atoms with Crippen LogP contribution in [0.4, 0.5) is 5.82 Å². The zero-order valence-electron chi connectivity index (χ0n) is 13.2. The Morgan fingerprint density at radius 3 is 2.52 bits per heavy atom. The van der Waals surface area contributed by atoms with Gasteiger partial charge in [0.1, 0.15) is 5.70 Å². The minimum absolute atomic E-state index is 0.0344. The van der Waals surface area contributed by atoms with Gasteiger partial charge in [-0.15, -0.1) is 20.4 Å². The highest BCUT2D eigenvalue weighted by Gasteiger charge is 2.11. The van der Waals surface area contributed by atoms with Crippen molar-refractivity contribution in [1.82, 2.24) is 15.4 Å².